The zero-order valence-corrected chi connectivity index (χ0v) is 18.6. The van der Waals surface area contributed by atoms with Crippen molar-refractivity contribution in [2.75, 3.05) is 20.8 Å². The van der Waals surface area contributed by atoms with E-state index in [-0.39, 0.29) is 0 Å². The van der Waals surface area contributed by atoms with Gasteiger partial charge in [-0.2, -0.15) is 0 Å². The highest BCUT2D eigenvalue weighted by Gasteiger charge is 2.07. The van der Waals surface area contributed by atoms with E-state index in [0.29, 0.717) is 23.2 Å². The molecule has 3 aromatic carbocycles. The first-order chi connectivity index (χ1) is 14.6. The van der Waals surface area contributed by atoms with E-state index in [1.165, 1.54) is 5.56 Å². The summed E-state index contributed by atoms with van der Waals surface area (Å²) in [6, 6.07) is 19.3. The molecular weight excluding hydrogens is 421 g/mol. The van der Waals surface area contributed by atoms with Crippen LogP contribution in [-0.4, -0.2) is 20.8 Å². The zero-order chi connectivity index (χ0) is 21.3. The van der Waals surface area contributed by atoms with Gasteiger partial charge in [0.1, 0.15) is 12.4 Å². The van der Waals surface area contributed by atoms with Crippen molar-refractivity contribution in [3.63, 3.8) is 0 Å². The Bertz CT molecular complexity index is 961. The van der Waals surface area contributed by atoms with E-state index in [1.807, 2.05) is 60.7 Å². The standard InChI is InChI=1S/C24H25Cl2NO3/c1-28-23-9-5-17(13-24(23)29-2)11-12-27-15-19-14-21(26)8-10-22(19)30-16-18-3-6-20(25)7-4-18/h3-10,13-14,27H,11-12,15-16H2,1-2H3. The van der Waals surface area contributed by atoms with E-state index in [2.05, 4.69) is 5.32 Å². The molecule has 0 radical (unpaired) electrons. The Morgan fingerprint density at radius 3 is 2.13 bits per heavy atom. The molecule has 3 rings (SSSR count). The van der Waals surface area contributed by atoms with Crippen LogP contribution in [0, 0.1) is 0 Å². The van der Waals surface area contributed by atoms with Gasteiger partial charge in [0, 0.05) is 22.2 Å². The molecule has 0 saturated carbocycles. The summed E-state index contributed by atoms with van der Waals surface area (Å²) in [6.45, 7) is 1.93. The predicted octanol–water partition coefficient (Wildman–Crippen LogP) is 5.92. The molecule has 0 heterocycles. The molecule has 0 amide bonds. The number of benzene rings is 3. The highest BCUT2D eigenvalue weighted by atomic mass is 35.5. The highest BCUT2D eigenvalue weighted by molar-refractivity contribution is 6.30. The minimum absolute atomic E-state index is 0.470. The normalized spacial score (nSPS) is 10.7. The number of rotatable bonds is 10. The van der Waals surface area contributed by atoms with Gasteiger partial charge >= 0.3 is 0 Å². The van der Waals surface area contributed by atoms with Crippen molar-refractivity contribution in [2.24, 2.45) is 0 Å². The SMILES string of the molecule is COc1ccc(CCNCc2cc(Cl)ccc2OCc2ccc(Cl)cc2)cc1OC. The number of ether oxygens (including phenoxy) is 3. The van der Waals surface area contributed by atoms with Crippen LogP contribution in [0.25, 0.3) is 0 Å². The van der Waals surface area contributed by atoms with Gasteiger partial charge in [0.2, 0.25) is 0 Å². The Morgan fingerprint density at radius 2 is 1.40 bits per heavy atom. The Labute approximate surface area is 187 Å². The van der Waals surface area contributed by atoms with Gasteiger partial charge in [0.25, 0.3) is 0 Å². The Morgan fingerprint density at radius 1 is 0.733 bits per heavy atom. The van der Waals surface area contributed by atoms with Crippen LogP contribution in [0.2, 0.25) is 10.0 Å². The van der Waals surface area contributed by atoms with Crippen LogP contribution >= 0.6 is 23.2 Å². The summed E-state index contributed by atoms with van der Waals surface area (Å²) in [6.07, 6.45) is 0.863. The molecule has 0 spiro atoms. The van der Waals surface area contributed by atoms with Crippen LogP contribution in [0.3, 0.4) is 0 Å². The smallest absolute Gasteiger partial charge is 0.160 e. The number of methoxy groups -OCH3 is 2. The van der Waals surface area contributed by atoms with E-state index in [0.717, 1.165) is 41.3 Å². The number of hydrogen-bond acceptors (Lipinski definition) is 4. The molecule has 0 saturated heterocycles. The van der Waals surface area contributed by atoms with Gasteiger partial charge in [-0.05, 0) is 66.6 Å². The lowest BCUT2D eigenvalue weighted by Crippen LogP contribution is -2.17. The maximum absolute atomic E-state index is 6.20. The number of nitrogens with one attached hydrogen (secondary N) is 1. The summed E-state index contributed by atoms with van der Waals surface area (Å²) in [4.78, 5) is 0. The second kappa shape index (κ2) is 11.1. The van der Waals surface area contributed by atoms with Gasteiger partial charge in [-0.3, -0.25) is 0 Å². The van der Waals surface area contributed by atoms with Gasteiger partial charge in [-0.1, -0.05) is 41.4 Å². The minimum Gasteiger partial charge on any atom is -0.493 e. The van der Waals surface area contributed by atoms with Gasteiger partial charge in [-0.25, -0.2) is 0 Å². The highest BCUT2D eigenvalue weighted by Crippen LogP contribution is 2.28. The van der Waals surface area contributed by atoms with E-state index >= 15 is 0 Å². The molecule has 6 heteroatoms. The molecule has 0 atom stereocenters. The molecule has 1 N–H and O–H groups in total. The van der Waals surface area contributed by atoms with Crippen molar-refractivity contribution in [3.05, 3.63) is 87.4 Å². The summed E-state index contributed by atoms with van der Waals surface area (Å²) >= 11 is 12.1. The summed E-state index contributed by atoms with van der Waals surface area (Å²) < 4.78 is 16.7. The summed E-state index contributed by atoms with van der Waals surface area (Å²) in [5.74, 6) is 2.28. The van der Waals surface area contributed by atoms with E-state index < -0.39 is 0 Å². The maximum atomic E-state index is 6.20. The van der Waals surface area contributed by atoms with Crippen molar-refractivity contribution < 1.29 is 14.2 Å². The molecule has 0 fully saturated rings. The van der Waals surface area contributed by atoms with Gasteiger partial charge in [-0.15, -0.1) is 0 Å². The lowest BCUT2D eigenvalue weighted by atomic mass is 10.1. The van der Waals surface area contributed by atoms with Crippen molar-refractivity contribution in [1.82, 2.24) is 5.32 Å². The van der Waals surface area contributed by atoms with Crippen LogP contribution < -0.4 is 19.5 Å². The lowest BCUT2D eigenvalue weighted by molar-refractivity contribution is 0.302. The van der Waals surface area contributed by atoms with Crippen molar-refractivity contribution in [3.8, 4) is 17.2 Å². The topological polar surface area (TPSA) is 39.7 Å². The van der Waals surface area contributed by atoms with Crippen LogP contribution in [0.15, 0.2) is 60.7 Å². The van der Waals surface area contributed by atoms with Crippen LogP contribution in [0.4, 0.5) is 0 Å². The van der Waals surface area contributed by atoms with E-state index in [9.17, 15) is 0 Å². The van der Waals surface area contributed by atoms with Gasteiger partial charge in [0.05, 0.1) is 14.2 Å². The van der Waals surface area contributed by atoms with Crippen molar-refractivity contribution >= 4 is 23.2 Å². The molecule has 0 bridgehead atoms. The molecule has 3 aromatic rings. The molecule has 0 aliphatic carbocycles. The first-order valence-electron chi connectivity index (χ1n) is 9.66. The first kappa shape index (κ1) is 22.3. The third-order valence-electron chi connectivity index (χ3n) is 4.68. The molecule has 0 aliphatic rings. The quantitative estimate of drug-likeness (QED) is 0.393. The van der Waals surface area contributed by atoms with E-state index in [4.69, 9.17) is 37.4 Å². The zero-order valence-electron chi connectivity index (χ0n) is 17.1. The van der Waals surface area contributed by atoms with E-state index in [1.54, 1.807) is 14.2 Å². The molecule has 30 heavy (non-hydrogen) atoms. The van der Waals surface area contributed by atoms with Crippen LogP contribution in [-0.2, 0) is 19.6 Å². The third kappa shape index (κ3) is 6.30. The molecule has 0 unspecified atom stereocenters. The lowest BCUT2D eigenvalue weighted by Gasteiger charge is -2.13. The fourth-order valence-corrected chi connectivity index (χ4v) is 3.38. The Balaban J connectivity index is 1.56. The van der Waals surface area contributed by atoms with Crippen LogP contribution in [0.1, 0.15) is 16.7 Å². The fourth-order valence-electron chi connectivity index (χ4n) is 3.06. The minimum atomic E-state index is 0.470. The largest absolute Gasteiger partial charge is 0.493 e. The van der Waals surface area contributed by atoms with Gasteiger partial charge < -0.3 is 19.5 Å². The van der Waals surface area contributed by atoms with Crippen molar-refractivity contribution in [1.29, 1.82) is 0 Å². The molecule has 0 aromatic heterocycles. The molecule has 4 nitrogen and oxygen atoms in total. The summed E-state index contributed by atoms with van der Waals surface area (Å²) in [5, 5.41) is 4.86. The Hall–Kier alpha value is -2.40. The monoisotopic (exact) mass is 445 g/mol. The predicted molar refractivity (Wildman–Crippen MR) is 122 cm³/mol. The second-order valence-corrected chi connectivity index (χ2v) is 7.66. The fraction of sp³-hybridized carbons (Fsp3) is 0.250. The van der Waals surface area contributed by atoms with Crippen LogP contribution in [0.5, 0.6) is 17.2 Å². The first-order valence-corrected chi connectivity index (χ1v) is 10.4. The Kier molecular flexibility index (Phi) is 8.26. The summed E-state index contributed by atoms with van der Waals surface area (Å²) in [7, 11) is 3.28. The number of halogens is 2. The molecule has 158 valence electrons. The average Bonchev–Trinajstić information content (AvgIpc) is 2.77. The average molecular weight is 446 g/mol. The second-order valence-electron chi connectivity index (χ2n) is 6.78. The molecule has 0 aliphatic heterocycles. The van der Waals surface area contributed by atoms with Crippen molar-refractivity contribution in [2.45, 2.75) is 19.6 Å². The maximum Gasteiger partial charge on any atom is 0.160 e. The van der Waals surface area contributed by atoms with Gasteiger partial charge in [0.15, 0.2) is 11.5 Å². The third-order valence-corrected chi connectivity index (χ3v) is 5.17. The summed E-state index contributed by atoms with van der Waals surface area (Å²) in [5.41, 5.74) is 3.25. The number of hydrogen-bond donors (Lipinski definition) is 1. The molecular formula is C24H25Cl2NO3.